The second kappa shape index (κ2) is 7.34. The first-order chi connectivity index (χ1) is 8.38. The molecule has 2 aliphatic heterocycles. The van der Waals surface area contributed by atoms with Crippen LogP contribution in [0.2, 0.25) is 0 Å². The molecule has 100 valence electrons. The number of nitrogens with one attached hydrogen (secondary N) is 1. The quantitative estimate of drug-likeness (QED) is 0.794. The van der Waals surface area contributed by atoms with Crippen LogP contribution in [-0.2, 0) is 4.74 Å². The fourth-order valence-corrected chi connectivity index (χ4v) is 3.12. The summed E-state index contributed by atoms with van der Waals surface area (Å²) in [5, 5.41) is 3.51. The van der Waals surface area contributed by atoms with Crippen LogP contribution in [-0.4, -0.2) is 50.3 Å². The van der Waals surface area contributed by atoms with Gasteiger partial charge in [-0.1, -0.05) is 0 Å². The highest BCUT2D eigenvalue weighted by Crippen LogP contribution is 2.18. The zero-order chi connectivity index (χ0) is 11.9. The van der Waals surface area contributed by atoms with Gasteiger partial charge in [0.1, 0.15) is 0 Å². The van der Waals surface area contributed by atoms with Crippen LogP contribution < -0.4 is 5.32 Å². The maximum Gasteiger partial charge on any atom is 0.0702 e. The van der Waals surface area contributed by atoms with Crippen molar-refractivity contribution in [2.75, 3.05) is 39.3 Å². The van der Waals surface area contributed by atoms with Crippen molar-refractivity contribution < 1.29 is 4.74 Å². The normalized spacial score (nSPS) is 31.6. The van der Waals surface area contributed by atoms with Gasteiger partial charge in [-0.05, 0) is 71.1 Å². The molecular formula is C14H28N2O. The molecule has 0 bridgehead atoms. The van der Waals surface area contributed by atoms with Crippen LogP contribution in [0.3, 0.4) is 0 Å². The molecule has 3 nitrogen and oxygen atoms in total. The van der Waals surface area contributed by atoms with Gasteiger partial charge in [0.05, 0.1) is 6.10 Å². The van der Waals surface area contributed by atoms with Crippen molar-refractivity contribution in [3.8, 4) is 0 Å². The van der Waals surface area contributed by atoms with Gasteiger partial charge in [0.15, 0.2) is 0 Å². The molecule has 3 heteroatoms. The standard InChI is InChI=1S/C14H28N2O/c1-2-17-14-6-4-9-16(12-14)10-7-13-5-3-8-15-11-13/h13-15H,2-12H2,1H3. The van der Waals surface area contributed by atoms with Gasteiger partial charge in [0.2, 0.25) is 0 Å². The average molecular weight is 240 g/mol. The van der Waals surface area contributed by atoms with E-state index >= 15 is 0 Å². The third kappa shape index (κ3) is 4.57. The predicted molar refractivity (Wildman–Crippen MR) is 71.3 cm³/mol. The Morgan fingerprint density at radius 1 is 1.29 bits per heavy atom. The number of hydrogen-bond donors (Lipinski definition) is 1. The monoisotopic (exact) mass is 240 g/mol. The van der Waals surface area contributed by atoms with Crippen molar-refractivity contribution in [3.05, 3.63) is 0 Å². The van der Waals surface area contributed by atoms with Gasteiger partial charge in [-0.3, -0.25) is 0 Å². The van der Waals surface area contributed by atoms with E-state index in [4.69, 9.17) is 4.74 Å². The van der Waals surface area contributed by atoms with Crippen molar-refractivity contribution in [3.63, 3.8) is 0 Å². The van der Waals surface area contributed by atoms with Gasteiger partial charge < -0.3 is 15.0 Å². The molecule has 17 heavy (non-hydrogen) atoms. The highest BCUT2D eigenvalue weighted by atomic mass is 16.5. The first-order valence-corrected chi connectivity index (χ1v) is 7.43. The lowest BCUT2D eigenvalue weighted by Crippen LogP contribution is -2.41. The SMILES string of the molecule is CCOC1CCCN(CCC2CCCNC2)C1. The minimum absolute atomic E-state index is 0.498. The van der Waals surface area contributed by atoms with E-state index in [0.29, 0.717) is 6.10 Å². The molecule has 0 saturated carbocycles. The summed E-state index contributed by atoms with van der Waals surface area (Å²) in [7, 11) is 0. The van der Waals surface area contributed by atoms with Gasteiger partial charge in [0, 0.05) is 13.2 Å². The second-order valence-corrected chi connectivity index (χ2v) is 5.52. The molecule has 2 saturated heterocycles. The van der Waals surface area contributed by atoms with Gasteiger partial charge in [-0.2, -0.15) is 0 Å². The molecule has 2 aliphatic rings. The maximum atomic E-state index is 5.75. The Kier molecular flexibility index (Phi) is 5.75. The zero-order valence-corrected chi connectivity index (χ0v) is 11.3. The van der Waals surface area contributed by atoms with Gasteiger partial charge in [-0.25, -0.2) is 0 Å². The third-order valence-corrected chi connectivity index (χ3v) is 4.12. The molecule has 0 aromatic carbocycles. The molecule has 2 fully saturated rings. The Morgan fingerprint density at radius 3 is 3.00 bits per heavy atom. The minimum atomic E-state index is 0.498. The van der Waals surface area contributed by atoms with Crippen LogP contribution in [0.5, 0.6) is 0 Å². The number of likely N-dealkylation sites (tertiary alicyclic amines) is 1. The van der Waals surface area contributed by atoms with Crippen LogP contribution in [0.15, 0.2) is 0 Å². The number of ether oxygens (including phenoxy) is 1. The van der Waals surface area contributed by atoms with Crippen LogP contribution in [0.4, 0.5) is 0 Å². The average Bonchev–Trinajstić information content (AvgIpc) is 2.39. The van der Waals surface area contributed by atoms with Gasteiger partial charge in [0.25, 0.3) is 0 Å². The molecule has 2 atom stereocenters. The summed E-state index contributed by atoms with van der Waals surface area (Å²) in [5.74, 6) is 0.913. The van der Waals surface area contributed by atoms with E-state index in [1.807, 2.05) is 0 Å². The topological polar surface area (TPSA) is 24.5 Å². The lowest BCUT2D eigenvalue weighted by molar-refractivity contribution is 0.00439. The fourth-order valence-electron chi connectivity index (χ4n) is 3.12. The smallest absolute Gasteiger partial charge is 0.0702 e. The van der Waals surface area contributed by atoms with E-state index in [9.17, 15) is 0 Å². The summed E-state index contributed by atoms with van der Waals surface area (Å²) in [4.78, 5) is 2.61. The second-order valence-electron chi connectivity index (χ2n) is 5.52. The minimum Gasteiger partial charge on any atom is -0.377 e. The molecule has 0 aliphatic carbocycles. The van der Waals surface area contributed by atoms with Crippen molar-refractivity contribution in [2.24, 2.45) is 5.92 Å². The fraction of sp³-hybridized carbons (Fsp3) is 1.00. The van der Waals surface area contributed by atoms with Crippen LogP contribution >= 0.6 is 0 Å². The molecule has 2 unspecified atom stereocenters. The molecule has 0 spiro atoms. The summed E-state index contributed by atoms with van der Waals surface area (Å²) in [6, 6.07) is 0. The third-order valence-electron chi connectivity index (χ3n) is 4.12. The first kappa shape index (κ1) is 13.3. The number of rotatable bonds is 5. The van der Waals surface area contributed by atoms with Crippen molar-refractivity contribution in [2.45, 2.75) is 45.1 Å². The summed E-state index contributed by atoms with van der Waals surface area (Å²) < 4.78 is 5.75. The largest absolute Gasteiger partial charge is 0.377 e. The molecule has 1 N–H and O–H groups in total. The molecule has 0 aromatic heterocycles. The summed E-state index contributed by atoms with van der Waals surface area (Å²) >= 11 is 0. The van der Waals surface area contributed by atoms with Crippen LogP contribution in [0, 0.1) is 5.92 Å². The van der Waals surface area contributed by atoms with Crippen LogP contribution in [0.25, 0.3) is 0 Å². The number of nitrogens with zero attached hydrogens (tertiary/aromatic N) is 1. The van der Waals surface area contributed by atoms with Gasteiger partial charge in [-0.15, -0.1) is 0 Å². The van der Waals surface area contributed by atoms with E-state index in [0.717, 1.165) is 19.1 Å². The highest BCUT2D eigenvalue weighted by Gasteiger charge is 2.21. The molecule has 2 heterocycles. The lowest BCUT2D eigenvalue weighted by Gasteiger charge is -2.34. The molecule has 0 amide bonds. The first-order valence-electron chi connectivity index (χ1n) is 7.43. The Bertz CT molecular complexity index is 202. The van der Waals surface area contributed by atoms with Crippen molar-refractivity contribution in [1.82, 2.24) is 10.2 Å². The molecule has 0 radical (unpaired) electrons. The van der Waals surface area contributed by atoms with Gasteiger partial charge >= 0.3 is 0 Å². The summed E-state index contributed by atoms with van der Waals surface area (Å²) in [5.41, 5.74) is 0. The predicted octanol–water partition coefficient (Wildman–Crippen LogP) is 1.88. The van der Waals surface area contributed by atoms with E-state index in [-0.39, 0.29) is 0 Å². The Morgan fingerprint density at radius 2 is 2.24 bits per heavy atom. The highest BCUT2D eigenvalue weighted by molar-refractivity contribution is 4.76. The van der Waals surface area contributed by atoms with Crippen molar-refractivity contribution >= 4 is 0 Å². The Labute approximate surface area is 106 Å². The Balaban J connectivity index is 1.64. The number of piperidine rings is 2. The Hall–Kier alpha value is -0.120. The molecular weight excluding hydrogens is 212 g/mol. The van der Waals surface area contributed by atoms with E-state index in [1.165, 1.54) is 58.3 Å². The lowest BCUT2D eigenvalue weighted by atomic mass is 9.95. The molecule has 2 rings (SSSR count). The zero-order valence-electron chi connectivity index (χ0n) is 11.3. The maximum absolute atomic E-state index is 5.75. The van der Waals surface area contributed by atoms with E-state index in [2.05, 4.69) is 17.1 Å². The van der Waals surface area contributed by atoms with E-state index < -0.39 is 0 Å². The van der Waals surface area contributed by atoms with Crippen LogP contribution in [0.1, 0.15) is 39.0 Å². The summed E-state index contributed by atoms with van der Waals surface area (Å²) in [6.07, 6.45) is 7.23. The van der Waals surface area contributed by atoms with E-state index in [1.54, 1.807) is 0 Å². The molecule has 0 aromatic rings. The number of hydrogen-bond acceptors (Lipinski definition) is 3. The summed E-state index contributed by atoms with van der Waals surface area (Å²) in [6.45, 7) is 9.15. The van der Waals surface area contributed by atoms with Crippen molar-refractivity contribution in [1.29, 1.82) is 0 Å².